The summed E-state index contributed by atoms with van der Waals surface area (Å²) in [5.74, 6) is 0.449. The van der Waals surface area contributed by atoms with Crippen molar-refractivity contribution in [1.82, 2.24) is 10.1 Å². The molecular formula is C19H23N3O4. The summed E-state index contributed by atoms with van der Waals surface area (Å²) in [6, 6.07) is 8.31. The van der Waals surface area contributed by atoms with Crippen molar-refractivity contribution in [3.63, 3.8) is 0 Å². The highest BCUT2D eigenvalue weighted by Crippen LogP contribution is 2.32. The standard InChI is InChI=1S/C19H23N3O4/c1-3-5-15-12-16(21-26-15)17-6-4-11-22(17)19(24)20-14-9-7-13(8-10-14)18(23)25-2/h7-10,12,17H,3-6,11H2,1-2H3,(H,20,24)/t17-/m1/s1. The zero-order valence-corrected chi connectivity index (χ0v) is 15.0. The predicted octanol–water partition coefficient (Wildman–Crippen LogP) is 3.78. The summed E-state index contributed by atoms with van der Waals surface area (Å²) < 4.78 is 10.0. The molecule has 138 valence electrons. The molecule has 0 saturated carbocycles. The van der Waals surface area contributed by atoms with E-state index >= 15 is 0 Å². The molecule has 3 rings (SSSR count). The number of esters is 1. The quantitative estimate of drug-likeness (QED) is 0.823. The Kier molecular flexibility index (Phi) is 5.55. The maximum atomic E-state index is 12.7. The Bertz CT molecular complexity index is 769. The number of hydrogen-bond acceptors (Lipinski definition) is 5. The van der Waals surface area contributed by atoms with Crippen LogP contribution in [0.1, 0.15) is 54.0 Å². The second-order valence-corrected chi connectivity index (χ2v) is 6.32. The van der Waals surface area contributed by atoms with Crippen molar-refractivity contribution in [3.05, 3.63) is 47.3 Å². The molecule has 2 amide bonds. The van der Waals surface area contributed by atoms with Gasteiger partial charge >= 0.3 is 12.0 Å². The molecule has 1 aliphatic heterocycles. The number of aromatic nitrogens is 1. The number of ether oxygens (including phenoxy) is 1. The number of nitrogens with zero attached hydrogens (tertiary/aromatic N) is 2. The third kappa shape index (κ3) is 3.87. The Labute approximate surface area is 152 Å². The lowest BCUT2D eigenvalue weighted by molar-refractivity contribution is 0.0600. The van der Waals surface area contributed by atoms with E-state index in [9.17, 15) is 9.59 Å². The maximum absolute atomic E-state index is 12.7. The highest BCUT2D eigenvalue weighted by molar-refractivity contribution is 5.92. The van der Waals surface area contributed by atoms with E-state index in [2.05, 4.69) is 22.1 Å². The van der Waals surface area contributed by atoms with E-state index in [0.717, 1.165) is 37.1 Å². The van der Waals surface area contributed by atoms with Gasteiger partial charge in [0.15, 0.2) is 0 Å². The van der Waals surface area contributed by atoms with Gasteiger partial charge in [-0.3, -0.25) is 0 Å². The first kappa shape index (κ1) is 18.0. The lowest BCUT2D eigenvalue weighted by atomic mass is 10.1. The summed E-state index contributed by atoms with van der Waals surface area (Å²) in [6.45, 7) is 2.76. The normalized spacial score (nSPS) is 16.5. The zero-order valence-electron chi connectivity index (χ0n) is 15.0. The highest BCUT2D eigenvalue weighted by atomic mass is 16.5. The number of aryl methyl sites for hydroxylation is 1. The van der Waals surface area contributed by atoms with Gasteiger partial charge in [0.05, 0.1) is 18.7 Å². The van der Waals surface area contributed by atoms with E-state index in [1.807, 2.05) is 6.07 Å². The number of rotatable bonds is 5. The van der Waals surface area contributed by atoms with Crippen LogP contribution in [0, 0.1) is 0 Å². The number of likely N-dealkylation sites (tertiary alicyclic amines) is 1. The van der Waals surface area contributed by atoms with Crippen molar-refractivity contribution in [2.75, 3.05) is 19.0 Å². The monoisotopic (exact) mass is 357 g/mol. The molecule has 26 heavy (non-hydrogen) atoms. The van der Waals surface area contributed by atoms with E-state index < -0.39 is 5.97 Å². The van der Waals surface area contributed by atoms with Gasteiger partial charge in [-0.2, -0.15) is 0 Å². The van der Waals surface area contributed by atoms with Crippen LogP contribution >= 0.6 is 0 Å². The second-order valence-electron chi connectivity index (χ2n) is 6.32. The van der Waals surface area contributed by atoms with Crippen molar-refractivity contribution in [2.45, 2.75) is 38.6 Å². The molecule has 0 radical (unpaired) electrons. The molecule has 0 spiro atoms. The molecule has 1 fully saturated rings. The van der Waals surface area contributed by atoms with E-state index in [-0.39, 0.29) is 12.1 Å². The third-order valence-corrected chi connectivity index (χ3v) is 4.49. The number of carbonyl (C=O) groups is 2. The predicted molar refractivity (Wildman–Crippen MR) is 96.0 cm³/mol. The fourth-order valence-electron chi connectivity index (χ4n) is 3.17. The largest absolute Gasteiger partial charge is 0.465 e. The Morgan fingerprint density at radius 2 is 2.12 bits per heavy atom. The molecule has 1 aromatic carbocycles. The summed E-state index contributed by atoms with van der Waals surface area (Å²) in [5, 5.41) is 7.03. The molecule has 0 unspecified atom stereocenters. The summed E-state index contributed by atoms with van der Waals surface area (Å²) in [7, 11) is 1.33. The summed E-state index contributed by atoms with van der Waals surface area (Å²) >= 11 is 0. The summed E-state index contributed by atoms with van der Waals surface area (Å²) in [4.78, 5) is 25.9. The van der Waals surface area contributed by atoms with Crippen LogP contribution in [0.15, 0.2) is 34.9 Å². The van der Waals surface area contributed by atoms with Crippen LogP contribution in [-0.2, 0) is 11.2 Å². The van der Waals surface area contributed by atoms with Crippen molar-refractivity contribution in [2.24, 2.45) is 0 Å². The number of benzene rings is 1. The number of amides is 2. The zero-order chi connectivity index (χ0) is 18.5. The number of carbonyl (C=O) groups excluding carboxylic acids is 2. The van der Waals surface area contributed by atoms with Crippen LogP contribution in [0.25, 0.3) is 0 Å². The van der Waals surface area contributed by atoms with Crippen LogP contribution in [0.4, 0.5) is 10.5 Å². The smallest absolute Gasteiger partial charge is 0.337 e. The molecule has 1 aliphatic rings. The van der Waals surface area contributed by atoms with Crippen LogP contribution < -0.4 is 5.32 Å². The molecule has 1 atom stereocenters. The van der Waals surface area contributed by atoms with Gasteiger partial charge in [0, 0.05) is 24.7 Å². The van der Waals surface area contributed by atoms with Gasteiger partial charge in [0.2, 0.25) is 0 Å². The lowest BCUT2D eigenvalue weighted by Gasteiger charge is -2.23. The third-order valence-electron chi connectivity index (χ3n) is 4.49. The Morgan fingerprint density at radius 3 is 2.81 bits per heavy atom. The van der Waals surface area contributed by atoms with Crippen LogP contribution in [0.2, 0.25) is 0 Å². The van der Waals surface area contributed by atoms with E-state index in [1.54, 1.807) is 29.2 Å². The maximum Gasteiger partial charge on any atom is 0.337 e. The van der Waals surface area contributed by atoms with Crippen LogP contribution in [0.5, 0.6) is 0 Å². The molecule has 1 N–H and O–H groups in total. The van der Waals surface area contributed by atoms with Gasteiger partial charge in [-0.1, -0.05) is 12.1 Å². The molecule has 7 nitrogen and oxygen atoms in total. The van der Waals surface area contributed by atoms with Crippen LogP contribution in [0.3, 0.4) is 0 Å². The van der Waals surface area contributed by atoms with Gasteiger partial charge in [-0.15, -0.1) is 0 Å². The minimum atomic E-state index is -0.406. The number of urea groups is 1. The highest BCUT2D eigenvalue weighted by Gasteiger charge is 2.32. The fourth-order valence-corrected chi connectivity index (χ4v) is 3.17. The summed E-state index contributed by atoms with van der Waals surface area (Å²) in [6.07, 6.45) is 3.63. The van der Waals surface area contributed by atoms with Gasteiger partial charge in [0.1, 0.15) is 11.5 Å². The minimum Gasteiger partial charge on any atom is -0.465 e. The number of nitrogens with one attached hydrogen (secondary N) is 1. The Morgan fingerprint density at radius 1 is 1.35 bits per heavy atom. The Hall–Kier alpha value is -2.83. The molecule has 2 aromatic rings. The van der Waals surface area contributed by atoms with Gasteiger partial charge < -0.3 is 19.5 Å². The SMILES string of the molecule is CCCc1cc([C@H]2CCCN2C(=O)Nc2ccc(C(=O)OC)cc2)no1. The van der Waals surface area contributed by atoms with E-state index in [0.29, 0.717) is 17.8 Å². The van der Waals surface area contributed by atoms with Gasteiger partial charge in [-0.05, 0) is 43.5 Å². The first-order valence-electron chi connectivity index (χ1n) is 8.84. The molecule has 7 heteroatoms. The van der Waals surface area contributed by atoms with Crippen molar-refractivity contribution >= 4 is 17.7 Å². The number of hydrogen-bond donors (Lipinski definition) is 1. The van der Waals surface area contributed by atoms with Gasteiger partial charge in [0.25, 0.3) is 0 Å². The molecule has 0 aliphatic carbocycles. The molecule has 1 aromatic heterocycles. The van der Waals surface area contributed by atoms with Gasteiger partial charge in [-0.25, -0.2) is 9.59 Å². The fraction of sp³-hybridized carbons (Fsp3) is 0.421. The topological polar surface area (TPSA) is 84.7 Å². The molecule has 2 heterocycles. The van der Waals surface area contributed by atoms with Crippen molar-refractivity contribution in [3.8, 4) is 0 Å². The first-order chi connectivity index (χ1) is 12.6. The second kappa shape index (κ2) is 8.03. The average Bonchev–Trinajstić information content (AvgIpc) is 3.31. The van der Waals surface area contributed by atoms with Crippen molar-refractivity contribution in [1.29, 1.82) is 0 Å². The average molecular weight is 357 g/mol. The molecule has 0 bridgehead atoms. The number of methoxy groups -OCH3 is 1. The van der Waals surface area contributed by atoms with Crippen molar-refractivity contribution < 1.29 is 18.8 Å². The number of anilines is 1. The lowest BCUT2D eigenvalue weighted by Crippen LogP contribution is -2.34. The molecule has 1 saturated heterocycles. The summed E-state index contributed by atoms with van der Waals surface area (Å²) in [5.41, 5.74) is 1.87. The molecular weight excluding hydrogens is 334 g/mol. The van der Waals surface area contributed by atoms with E-state index in [1.165, 1.54) is 7.11 Å². The van der Waals surface area contributed by atoms with E-state index in [4.69, 9.17) is 4.52 Å². The first-order valence-corrected chi connectivity index (χ1v) is 8.84. The minimum absolute atomic E-state index is 0.0706. The Balaban J connectivity index is 1.67. The van der Waals surface area contributed by atoms with Crippen LogP contribution in [-0.4, -0.2) is 35.7 Å².